The maximum absolute atomic E-state index is 13.2. The molecule has 184 valence electrons. The summed E-state index contributed by atoms with van der Waals surface area (Å²) in [5.74, 6) is -2.62. The first-order valence-electron chi connectivity index (χ1n) is 11.3. The molecule has 35 heavy (non-hydrogen) atoms. The molecule has 3 rings (SSSR count). The molecule has 0 spiro atoms. The molecule has 0 atom stereocenters. The minimum atomic E-state index is -1.53. The van der Waals surface area contributed by atoms with Gasteiger partial charge in [0.05, 0.1) is 0 Å². The fraction of sp³-hybridized carbons (Fsp3) is 0.375. The molecular weight excluding hydrogens is 452 g/mol. The normalized spacial score (nSPS) is 15.2. The Morgan fingerprint density at radius 1 is 0.800 bits per heavy atom. The van der Waals surface area contributed by atoms with E-state index in [-0.39, 0.29) is 25.9 Å². The number of carbonyl (C=O) groups excluding carboxylic acids is 5. The fourth-order valence-electron chi connectivity index (χ4n) is 3.87. The maximum Gasteiger partial charge on any atom is 0.334 e. The van der Waals surface area contributed by atoms with E-state index in [4.69, 9.17) is 0 Å². The third-order valence-electron chi connectivity index (χ3n) is 6.01. The summed E-state index contributed by atoms with van der Waals surface area (Å²) in [6.45, 7) is 2.51. The van der Waals surface area contributed by atoms with Crippen molar-refractivity contribution >= 4 is 29.7 Å². The number of imide groups is 2. The fourth-order valence-corrected chi connectivity index (χ4v) is 3.87. The van der Waals surface area contributed by atoms with Crippen LogP contribution >= 0.6 is 0 Å². The van der Waals surface area contributed by atoms with Gasteiger partial charge in [0, 0.05) is 37.9 Å². The summed E-state index contributed by atoms with van der Waals surface area (Å²) in [7, 11) is 0. The largest absolute Gasteiger partial charge is 0.350 e. The van der Waals surface area contributed by atoms with E-state index >= 15 is 0 Å². The van der Waals surface area contributed by atoms with Crippen LogP contribution in [0.5, 0.6) is 0 Å². The highest BCUT2D eigenvalue weighted by Gasteiger charge is 2.55. The Bertz CT molecular complexity index is 1010. The first-order chi connectivity index (χ1) is 16.8. The van der Waals surface area contributed by atoms with Crippen LogP contribution in [0.3, 0.4) is 0 Å². The molecule has 2 N–H and O–H groups in total. The van der Waals surface area contributed by atoms with Crippen molar-refractivity contribution in [3.63, 3.8) is 0 Å². The van der Waals surface area contributed by atoms with Crippen molar-refractivity contribution in [3.8, 4) is 0 Å². The van der Waals surface area contributed by atoms with Crippen LogP contribution in [0.4, 0.5) is 4.79 Å². The molecule has 0 bridgehead atoms. The van der Waals surface area contributed by atoms with E-state index in [9.17, 15) is 24.0 Å². The lowest BCUT2D eigenvalue weighted by atomic mass is 9.78. The molecule has 0 radical (unpaired) electrons. The standard InChI is InChI=1S/C24H28N6O5/c1-3-24(4-2)21(33)29(15-19(31)27-13-17-7-5-9-25-11-17)23(35)30(22(24)34)16-20(32)28-14-18-8-6-10-26-12-18/h5-12H,3-4,13-16H2,1-2H3,(H,27,31)(H,28,32). The van der Waals surface area contributed by atoms with Gasteiger partial charge in [-0.3, -0.25) is 38.9 Å². The van der Waals surface area contributed by atoms with Gasteiger partial charge >= 0.3 is 6.03 Å². The molecule has 0 aliphatic carbocycles. The van der Waals surface area contributed by atoms with Crippen molar-refractivity contribution < 1.29 is 24.0 Å². The van der Waals surface area contributed by atoms with Crippen molar-refractivity contribution in [1.29, 1.82) is 0 Å². The van der Waals surface area contributed by atoms with Crippen LogP contribution in [0.1, 0.15) is 37.8 Å². The van der Waals surface area contributed by atoms with Gasteiger partial charge in [-0.15, -0.1) is 0 Å². The molecule has 1 aliphatic rings. The van der Waals surface area contributed by atoms with Gasteiger partial charge < -0.3 is 10.6 Å². The zero-order valence-electron chi connectivity index (χ0n) is 19.7. The van der Waals surface area contributed by atoms with E-state index in [1.165, 1.54) is 0 Å². The quantitative estimate of drug-likeness (QED) is 0.483. The Morgan fingerprint density at radius 2 is 1.23 bits per heavy atom. The summed E-state index contributed by atoms with van der Waals surface area (Å²) < 4.78 is 0. The van der Waals surface area contributed by atoms with E-state index in [0.717, 1.165) is 20.9 Å². The molecule has 0 saturated carbocycles. The van der Waals surface area contributed by atoms with Gasteiger partial charge in [0.15, 0.2) is 0 Å². The Labute approximate surface area is 202 Å². The third-order valence-corrected chi connectivity index (χ3v) is 6.01. The number of hydrogen-bond donors (Lipinski definition) is 2. The van der Waals surface area contributed by atoms with Gasteiger partial charge in [-0.25, -0.2) is 4.79 Å². The third kappa shape index (κ3) is 5.68. The lowest BCUT2D eigenvalue weighted by molar-refractivity contribution is -0.161. The lowest BCUT2D eigenvalue weighted by Gasteiger charge is -2.42. The highest BCUT2D eigenvalue weighted by atomic mass is 16.2. The first-order valence-corrected chi connectivity index (χ1v) is 11.3. The molecule has 0 aromatic carbocycles. The van der Waals surface area contributed by atoms with Crippen molar-refractivity contribution in [1.82, 2.24) is 30.4 Å². The number of nitrogens with zero attached hydrogens (tertiary/aromatic N) is 4. The number of aromatic nitrogens is 2. The zero-order chi connectivity index (χ0) is 25.4. The molecule has 2 aromatic rings. The van der Waals surface area contributed by atoms with E-state index in [1.54, 1.807) is 62.9 Å². The van der Waals surface area contributed by atoms with Crippen LogP contribution in [0.25, 0.3) is 0 Å². The smallest absolute Gasteiger partial charge is 0.334 e. The summed E-state index contributed by atoms with van der Waals surface area (Å²) in [5.41, 5.74) is -0.0346. The van der Waals surface area contributed by atoms with E-state index in [1.807, 2.05) is 0 Å². The van der Waals surface area contributed by atoms with Crippen molar-refractivity contribution in [2.75, 3.05) is 13.1 Å². The van der Waals surface area contributed by atoms with Crippen molar-refractivity contribution in [2.45, 2.75) is 39.8 Å². The van der Waals surface area contributed by atoms with Gasteiger partial charge in [-0.2, -0.15) is 0 Å². The van der Waals surface area contributed by atoms with Crippen molar-refractivity contribution in [2.24, 2.45) is 5.41 Å². The minimum Gasteiger partial charge on any atom is -0.350 e. The van der Waals surface area contributed by atoms with Gasteiger partial charge in [0.25, 0.3) is 0 Å². The van der Waals surface area contributed by atoms with Crippen LogP contribution in [-0.4, -0.2) is 62.5 Å². The average molecular weight is 481 g/mol. The molecule has 11 heteroatoms. The number of rotatable bonds is 10. The predicted molar refractivity (Wildman–Crippen MR) is 124 cm³/mol. The summed E-state index contributed by atoms with van der Waals surface area (Å²) in [6, 6.07) is 5.99. The number of urea groups is 1. The van der Waals surface area contributed by atoms with Crippen LogP contribution in [0.15, 0.2) is 49.1 Å². The second-order valence-electron chi connectivity index (χ2n) is 8.13. The van der Waals surface area contributed by atoms with Gasteiger partial charge in [-0.1, -0.05) is 26.0 Å². The minimum absolute atomic E-state index is 0.121. The van der Waals surface area contributed by atoms with Crippen LogP contribution in [0, 0.1) is 5.41 Å². The lowest BCUT2D eigenvalue weighted by Crippen LogP contribution is -2.67. The number of pyridine rings is 2. The molecule has 2 aromatic heterocycles. The van der Waals surface area contributed by atoms with Crippen LogP contribution < -0.4 is 10.6 Å². The number of barbiturate groups is 1. The van der Waals surface area contributed by atoms with E-state index in [2.05, 4.69) is 20.6 Å². The first kappa shape index (κ1) is 25.5. The van der Waals surface area contributed by atoms with E-state index in [0.29, 0.717) is 0 Å². The molecule has 1 aliphatic heterocycles. The molecule has 11 nitrogen and oxygen atoms in total. The molecule has 3 heterocycles. The van der Waals surface area contributed by atoms with Crippen LogP contribution in [0.2, 0.25) is 0 Å². The SMILES string of the molecule is CCC1(CC)C(=O)N(CC(=O)NCc2cccnc2)C(=O)N(CC(=O)NCc2cccnc2)C1=O. The van der Waals surface area contributed by atoms with Gasteiger partial charge in [0.1, 0.15) is 18.5 Å². The molecule has 0 unspecified atom stereocenters. The maximum atomic E-state index is 13.2. The number of hydrogen-bond acceptors (Lipinski definition) is 7. The summed E-state index contributed by atoms with van der Waals surface area (Å²) in [5, 5.41) is 5.28. The van der Waals surface area contributed by atoms with E-state index < -0.39 is 48.2 Å². The zero-order valence-corrected chi connectivity index (χ0v) is 19.7. The Balaban J connectivity index is 1.73. The second-order valence-corrected chi connectivity index (χ2v) is 8.13. The summed E-state index contributed by atoms with van der Waals surface area (Å²) >= 11 is 0. The second kappa shape index (κ2) is 11.3. The predicted octanol–water partition coefficient (Wildman–Crippen LogP) is 1.01. The van der Waals surface area contributed by atoms with Gasteiger partial charge in [0.2, 0.25) is 23.6 Å². The van der Waals surface area contributed by atoms with Crippen molar-refractivity contribution in [3.05, 3.63) is 60.2 Å². The Morgan fingerprint density at radius 3 is 1.57 bits per heavy atom. The molecule has 1 fully saturated rings. The topological polar surface area (TPSA) is 142 Å². The van der Waals surface area contributed by atoms with Gasteiger partial charge in [-0.05, 0) is 36.1 Å². The average Bonchev–Trinajstić information content (AvgIpc) is 2.89. The molecule has 6 amide bonds. The van der Waals surface area contributed by atoms with Crippen LogP contribution in [-0.2, 0) is 32.3 Å². The Hall–Kier alpha value is -4.15. The highest BCUT2D eigenvalue weighted by Crippen LogP contribution is 2.35. The highest BCUT2D eigenvalue weighted by molar-refractivity contribution is 6.20. The monoisotopic (exact) mass is 480 g/mol. The number of amides is 6. The number of carbonyl (C=O) groups is 5. The number of nitrogens with one attached hydrogen (secondary N) is 2. The molecule has 1 saturated heterocycles. The molecular formula is C24H28N6O5. The Kier molecular flexibility index (Phi) is 8.24. The summed E-state index contributed by atoms with van der Waals surface area (Å²) in [6.07, 6.45) is 6.61. The summed E-state index contributed by atoms with van der Waals surface area (Å²) in [4.78, 5) is 74.2.